The molecule has 0 aliphatic heterocycles. The number of carbonyl (C=O) groups is 2. The molecular weight excluding hydrogens is 420 g/mol. The van der Waals surface area contributed by atoms with E-state index in [1.165, 1.54) is 30.3 Å². The van der Waals surface area contributed by atoms with E-state index in [9.17, 15) is 18.4 Å². The fraction of sp³-hybridized carbons (Fsp3) is 0.375. The third kappa shape index (κ3) is 5.68. The molecule has 0 amide bonds. The molecule has 1 saturated carbocycles. The normalized spacial score (nSPS) is 17.9. The molecule has 3 rings (SSSR count). The molecule has 0 atom stereocenters. The summed E-state index contributed by atoms with van der Waals surface area (Å²) in [7, 11) is 0. The van der Waals surface area contributed by atoms with Crippen molar-refractivity contribution in [3.05, 3.63) is 59.2 Å². The van der Waals surface area contributed by atoms with Crippen molar-refractivity contribution >= 4 is 11.9 Å². The second-order valence-corrected chi connectivity index (χ2v) is 7.53. The van der Waals surface area contributed by atoms with E-state index in [0.717, 1.165) is 38.0 Å². The van der Waals surface area contributed by atoms with Crippen molar-refractivity contribution in [3.63, 3.8) is 0 Å². The molecule has 8 heteroatoms. The average molecular weight is 443 g/mol. The first kappa shape index (κ1) is 23.4. The first-order valence-corrected chi connectivity index (χ1v) is 10.5. The van der Waals surface area contributed by atoms with Crippen molar-refractivity contribution in [3.8, 4) is 17.6 Å². The lowest BCUT2D eigenvalue weighted by molar-refractivity contribution is -0.141. The molecule has 0 heterocycles. The lowest BCUT2D eigenvalue weighted by Gasteiger charge is -2.27. The van der Waals surface area contributed by atoms with E-state index < -0.39 is 28.9 Å². The van der Waals surface area contributed by atoms with Crippen LogP contribution in [0, 0.1) is 28.9 Å². The molecule has 0 bridgehead atoms. The number of halogens is 2. The number of hydrogen-bond acceptors (Lipinski definition) is 6. The standard InChI is InChI=1S/C24H23F2NO5/c1-2-13-30-18-8-3-15(4-9-18)23(28)31-19-10-5-16(6-11-19)24(29)32-20-12-7-17(14-27)21(25)22(20)26/h5-7,10-12,15,18H,2-4,8-9,13H2,1H3/t15-,18-. The first-order valence-electron chi connectivity index (χ1n) is 10.5. The molecule has 0 radical (unpaired) electrons. The zero-order valence-corrected chi connectivity index (χ0v) is 17.6. The van der Waals surface area contributed by atoms with Gasteiger partial charge in [0.25, 0.3) is 0 Å². The van der Waals surface area contributed by atoms with Gasteiger partial charge >= 0.3 is 11.9 Å². The lowest BCUT2D eigenvalue weighted by atomic mass is 9.87. The van der Waals surface area contributed by atoms with Gasteiger partial charge in [-0.15, -0.1) is 0 Å². The number of nitriles is 1. The molecule has 32 heavy (non-hydrogen) atoms. The van der Waals surface area contributed by atoms with Crippen LogP contribution in [0.3, 0.4) is 0 Å². The largest absolute Gasteiger partial charge is 0.426 e. The Labute approximate surface area is 184 Å². The maximum Gasteiger partial charge on any atom is 0.343 e. The smallest absolute Gasteiger partial charge is 0.343 e. The van der Waals surface area contributed by atoms with E-state index in [2.05, 4.69) is 6.92 Å². The fourth-order valence-electron chi connectivity index (χ4n) is 3.46. The maximum absolute atomic E-state index is 13.9. The Bertz CT molecular complexity index is 1010. The summed E-state index contributed by atoms with van der Waals surface area (Å²) in [6, 6.07) is 9.11. The molecule has 6 nitrogen and oxygen atoms in total. The molecule has 1 aliphatic rings. The van der Waals surface area contributed by atoms with Crippen molar-refractivity contribution < 1.29 is 32.6 Å². The van der Waals surface area contributed by atoms with Crippen LogP contribution in [0.2, 0.25) is 0 Å². The summed E-state index contributed by atoms with van der Waals surface area (Å²) in [5, 5.41) is 8.70. The van der Waals surface area contributed by atoms with Gasteiger partial charge in [-0.2, -0.15) is 9.65 Å². The Hall–Kier alpha value is -3.31. The zero-order chi connectivity index (χ0) is 23.1. The van der Waals surface area contributed by atoms with Crippen LogP contribution >= 0.6 is 0 Å². The summed E-state index contributed by atoms with van der Waals surface area (Å²) in [5.41, 5.74) is -0.432. The average Bonchev–Trinajstić information content (AvgIpc) is 2.81. The molecule has 1 aliphatic carbocycles. The van der Waals surface area contributed by atoms with E-state index in [4.69, 9.17) is 19.5 Å². The Kier molecular flexibility index (Phi) is 7.90. The van der Waals surface area contributed by atoms with Gasteiger partial charge in [0.2, 0.25) is 5.82 Å². The van der Waals surface area contributed by atoms with Crippen molar-refractivity contribution in [2.75, 3.05) is 6.61 Å². The van der Waals surface area contributed by atoms with Crippen LogP contribution < -0.4 is 9.47 Å². The van der Waals surface area contributed by atoms with Crippen LogP contribution in [-0.4, -0.2) is 24.6 Å². The molecule has 2 aromatic carbocycles. The summed E-state index contributed by atoms with van der Waals surface area (Å²) < 4.78 is 43.6. The van der Waals surface area contributed by atoms with E-state index in [-0.39, 0.29) is 29.3 Å². The molecule has 0 N–H and O–H groups in total. The van der Waals surface area contributed by atoms with Crippen LogP contribution in [-0.2, 0) is 9.53 Å². The zero-order valence-electron chi connectivity index (χ0n) is 17.6. The fourth-order valence-corrected chi connectivity index (χ4v) is 3.46. The van der Waals surface area contributed by atoms with Crippen LogP contribution in [0.1, 0.15) is 54.9 Å². The SMILES string of the molecule is CCCO[C@H]1CC[C@H](C(=O)Oc2ccc(C(=O)Oc3ccc(C#N)c(F)c3F)cc2)CC1. The molecular formula is C24H23F2NO5. The summed E-state index contributed by atoms with van der Waals surface area (Å²) in [5.74, 6) is -4.60. The molecule has 0 unspecified atom stereocenters. The quantitative estimate of drug-likeness (QED) is 0.445. The molecule has 1 fully saturated rings. The van der Waals surface area contributed by atoms with Gasteiger partial charge in [0, 0.05) is 6.61 Å². The van der Waals surface area contributed by atoms with E-state index >= 15 is 0 Å². The lowest BCUT2D eigenvalue weighted by Crippen LogP contribution is -2.29. The van der Waals surface area contributed by atoms with Crippen LogP contribution in [0.5, 0.6) is 11.5 Å². The number of hydrogen-bond donors (Lipinski definition) is 0. The second kappa shape index (κ2) is 10.8. The molecule has 0 aromatic heterocycles. The molecule has 168 valence electrons. The van der Waals surface area contributed by atoms with Crippen LogP contribution in [0.25, 0.3) is 0 Å². The summed E-state index contributed by atoms with van der Waals surface area (Å²) in [6.07, 6.45) is 4.19. The minimum absolute atomic E-state index is 0.0579. The minimum atomic E-state index is -1.42. The van der Waals surface area contributed by atoms with Gasteiger partial charge < -0.3 is 14.2 Å². The number of esters is 2. The highest BCUT2D eigenvalue weighted by Gasteiger charge is 2.28. The highest BCUT2D eigenvalue weighted by molar-refractivity contribution is 5.91. The number of rotatable bonds is 7. The van der Waals surface area contributed by atoms with E-state index in [1.807, 2.05) is 0 Å². The van der Waals surface area contributed by atoms with Crippen molar-refractivity contribution in [1.29, 1.82) is 5.26 Å². The summed E-state index contributed by atoms with van der Waals surface area (Å²) in [4.78, 5) is 24.6. The predicted octanol–water partition coefficient (Wildman–Crippen LogP) is 4.95. The van der Waals surface area contributed by atoms with Crippen molar-refractivity contribution in [2.24, 2.45) is 5.92 Å². The Morgan fingerprint density at radius 2 is 1.69 bits per heavy atom. The van der Waals surface area contributed by atoms with Crippen molar-refractivity contribution in [1.82, 2.24) is 0 Å². The number of ether oxygens (including phenoxy) is 3. The summed E-state index contributed by atoms with van der Waals surface area (Å²) in [6.45, 7) is 2.78. The molecule has 2 aromatic rings. The van der Waals surface area contributed by atoms with Crippen molar-refractivity contribution in [2.45, 2.75) is 45.1 Å². The van der Waals surface area contributed by atoms with E-state index in [1.54, 1.807) is 0 Å². The highest BCUT2D eigenvalue weighted by atomic mass is 19.2. The number of carbonyl (C=O) groups excluding carboxylic acids is 2. The molecule has 0 saturated heterocycles. The van der Waals surface area contributed by atoms with Gasteiger partial charge in [-0.1, -0.05) is 6.92 Å². The first-order chi connectivity index (χ1) is 15.4. The van der Waals surface area contributed by atoms with Crippen LogP contribution in [0.4, 0.5) is 8.78 Å². The third-order valence-corrected chi connectivity index (χ3v) is 5.24. The minimum Gasteiger partial charge on any atom is -0.426 e. The Morgan fingerprint density at radius 1 is 1.00 bits per heavy atom. The van der Waals surface area contributed by atoms with Gasteiger partial charge in [0.1, 0.15) is 11.8 Å². The van der Waals surface area contributed by atoms with Gasteiger partial charge in [0.05, 0.1) is 23.1 Å². The second-order valence-electron chi connectivity index (χ2n) is 7.53. The Balaban J connectivity index is 1.55. The number of nitrogens with zero attached hydrogens (tertiary/aromatic N) is 1. The van der Waals surface area contributed by atoms with Gasteiger partial charge in [0.15, 0.2) is 11.6 Å². The van der Waals surface area contributed by atoms with Gasteiger partial charge in [-0.3, -0.25) is 4.79 Å². The summed E-state index contributed by atoms with van der Waals surface area (Å²) >= 11 is 0. The Morgan fingerprint density at radius 3 is 2.31 bits per heavy atom. The maximum atomic E-state index is 13.9. The monoisotopic (exact) mass is 443 g/mol. The van der Waals surface area contributed by atoms with Crippen LogP contribution in [0.15, 0.2) is 36.4 Å². The van der Waals surface area contributed by atoms with Gasteiger partial charge in [-0.25, -0.2) is 9.18 Å². The number of benzene rings is 2. The predicted molar refractivity (Wildman–Crippen MR) is 110 cm³/mol. The topological polar surface area (TPSA) is 85.6 Å². The highest BCUT2D eigenvalue weighted by Crippen LogP contribution is 2.28. The molecule has 0 spiro atoms. The third-order valence-electron chi connectivity index (χ3n) is 5.24. The van der Waals surface area contributed by atoms with Gasteiger partial charge in [-0.05, 0) is 68.5 Å². The van der Waals surface area contributed by atoms with E-state index in [0.29, 0.717) is 12.8 Å².